The van der Waals surface area contributed by atoms with Crippen molar-refractivity contribution in [3.05, 3.63) is 66.2 Å². The van der Waals surface area contributed by atoms with Gasteiger partial charge in [0.25, 0.3) is 0 Å². The third-order valence-corrected chi connectivity index (χ3v) is 6.29. The monoisotopic (exact) mass is 406 g/mol. The summed E-state index contributed by atoms with van der Waals surface area (Å²) >= 11 is 0. The number of benzene rings is 2. The van der Waals surface area contributed by atoms with Gasteiger partial charge in [-0.15, -0.1) is 0 Å². The van der Waals surface area contributed by atoms with E-state index in [0.29, 0.717) is 24.7 Å². The largest absolute Gasteiger partial charge is 0.489 e. The Balaban J connectivity index is 1.25. The summed E-state index contributed by atoms with van der Waals surface area (Å²) in [4.78, 5) is 7.17. The summed E-state index contributed by atoms with van der Waals surface area (Å²) in [5.74, 6) is 1.77. The topological polar surface area (TPSA) is 48.9 Å². The molecule has 2 aromatic rings. The number of fused-ring (bicyclic) bond motifs is 2. The lowest BCUT2D eigenvalue weighted by Crippen LogP contribution is -2.53. The Labute approximate surface area is 180 Å². The van der Waals surface area contributed by atoms with Crippen molar-refractivity contribution in [2.75, 3.05) is 13.6 Å². The molecule has 2 aliphatic heterocycles. The molecule has 0 amide bonds. The van der Waals surface area contributed by atoms with Gasteiger partial charge >= 0.3 is 0 Å². The van der Waals surface area contributed by atoms with Gasteiger partial charge in [0.2, 0.25) is 0 Å². The molecular weight excluding hydrogens is 372 g/mol. The van der Waals surface area contributed by atoms with Crippen LogP contribution in [0.5, 0.6) is 5.75 Å². The number of nitrogens with one attached hydrogen (secondary N) is 2. The first-order valence-corrected chi connectivity index (χ1v) is 11.2. The molecule has 0 aliphatic carbocycles. The SMILES string of the molecule is CN=C(NCC(C)Oc1ccccc1)NC1CC2CCC(C1)N2Cc1ccccc1. The zero-order chi connectivity index (χ0) is 20.8. The van der Waals surface area contributed by atoms with Crippen LogP contribution >= 0.6 is 0 Å². The van der Waals surface area contributed by atoms with Crippen LogP contribution in [-0.4, -0.2) is 48.7 Å². The first-order chi connectivity index (χ1) is 14.7. The summed E-state index contributed by atoms with van der Waals surface area (Å²) in [7, 11) is 1.84. The molecule has 2 N–H and O–H groups in total. The lowest BCUT2D eigenvalue weighted by Gasteiger charge is -2.39. The maximum absolute atomic E-state index is 5.96. The minimum absolute atomic E-state index is 0.0647. The number of rotatable bonds is 7. The van der Waals surface area contributed by atoms with E-state index in [0.717, 1.165) is 18.3 Å². The van der Waals surface area contributed by atoms with Crippen molar-refractivity contribution < 1.29 is 4.74 Å². The highest BCUT2D eigenvalue weighted by atomic mass is 16.5. The van der Waals surface area contributed by atoms with Crippen LogP contribution < -0.4 is 15.4 Å². The molecule has 2 bridgehead atoms. The van der Waals surface area contributed by atoms with E-state index in [1.807, 2.05) is 37.4 Å². The standard InChI is InChI=1S/C25H34N4O/c1-19(30-24-11-7-4-8-12-24)17-27-25(26-2)28-21-15-22-13-14-23(16-21)29(22)18-20-9-5-3-6-10-20/h3-12,19,21-23H,13-18H2,1-2H3,(H2,26,27,28). The van der Waals surface area contributed by atoms with E-state index in [1.54, 1.807) is 0 Å². The quantitative estimate of drug-likeness (QED) is 0.542. The predicted molar refractivity (Wildman–Crippen MR) is 123 cm³/mol. The van der Waals surface area contributed by atoms with Crippen LogP contribution in [0.3, 0.4) is 0 Å². The second-order valence-electron chi connectivity index (χ2n) is 8.55. The Morgan fingerprint density at radius 2 is 1.67 bits per heavy atom. The van der Waals surface area contributed by atoms with E-state index < -0.39 is 0 Å². The molecular formula is C25H34N4O. The number of para-hydroxylation sites is 1. The fourth-order valence-corrected chi connectivity index (χ4v) is 4.85. The third-order valence-electron chi connectivity index (χ3n) is 6.29. The lowest BCUT2D eigenvalue weighted by atomic mass is 9.96. The van der Waals surface area contributed by atoms with E-state index >= 15 is 0 Å². The number of hydrogen-bond acceptors (Lipinski definition) is 3. The molecule has 0 spiro atoms. The normalized spacial score (nSPS) is 25.0. The number of piperidine rings is 1. The minimum Gasteiger partial charge on any atom is -0.489 e. The molecule has 3 atom stereocenters. The van der Waals surface area contributed by atoms with Crippen LogP contribution in [0.4, 0.5) is 0 Å². The fourth-order valence-electron chi connectivity index (χ4n) is 4.85. The van der Waals surface area contributed by atoms with E-state index in [9.17, 15) is 0 Å². The van der Waals surface area contributed by atoms with Gasteiger partial charge in [0.1, 0.15) is 11.9 Å². The lowest BCUT2D eigenvalue weighted by molar-refractivity contribution is 0.114. The van der Waals surface area contributed by atoms with Crippen molar-refractivity contribution in [3.63, 3.8) is 0 Å². The van der Waals surface area contributed by atoms with Crippen molar-refractivity contribution >= 4 is 5.96 Å². The summed E-state index contributed by atoms with van der Waals surface area (Å²) in [6.07, 6.45) is 5.04. The van der Waals surface area contributed by atoms with Crippen LogP contribution in [0.2, 0.25) is 0 Å². The van der Waals surface area contributed by atoms with Crippen LogP contribution in [0.25, 0.3) is 0 Å². The van der Waals surface area contributed by atoms with Gasteiger partial charge in [-0.25, -0.2) is 0 Å². The molecule has 5 nitrogen and oxygen atoms in total. The van der Waals surface area contributed by atoms with Crippen molar-refractivity contribution in [1.29, 1.82) is 0 Å². The molecule has 160 valence electrons. The average Bonchev–Trinajstić information content (AvgIpc) is 3.00. The summed E-state index contributed by atoms with van der Waals surface area (Å²) in [6.45, 7) is 3.87. The van der Waals surface area contributed by atoms with Crippen molar-refractivity contribution in [1.82, 2.24) is 15.5 Å². The molecule has 30 heavy (non-hydrogen) atoms. The van der Waals surface area contributed by atoms with Gasteiger partial charge in [-0.1, -0.05) is 48.5 Å². The Kier molecular flexibility index (Phi) is 6.90. The molecule has 4 rings (SSSR count). The Hall–Kier alpha value is -2.53. The maximum atomic E-state index is 5.96. The van der Waals surface area contributed by atoms with E-state index in [2.05, 4.69) is 57.8 Å². The summed E-state index contributed by atoms with van der Waals surface area (Å²) in [5.41, 5.74) is 1.42. The number of ether oxygens (including phenoxy) is 1. The second-order valence-corrected chi connectivity index (χ2v) is 8.55. The van der Waals surface area contributed by atoms with Crippen molar-refractivity contribution in [2.24, 2.45) is 4.99 Å². The highest BCUT2D eigenvalue weighted by Crippen LogP contribution is 2.36. The second kappa shape index (κ2) is 9.98. The van der Waals surface area contributed by atoms with E-state index in [1.165, 1.54) is 31.2 Å². The summed E-state index contributed by atoms with van der Waals surface area (Å²) in [6, 6.07) is 22.6. The van der Waals surface area contributed by atoms with Crippen LogP contribution in [0.15, 0.2) is 65.7 Å². The van der Waals surface area contributed by atoms with Crippen LogP contribution in [-0.2, 0) is 6.54 Å². The molecule has 3 unspecified atom stereocenters. The Morgan fingerprint density at radius 3 is 2.30 bits per heavy atom. The minimum atomic E-state index is 0.0647. The fraction of sp³-hybridized carbons (Fsp3) is 0.480. The molecule has 0 aromatic heterocycles. The molecule has 0 saturated carbocycles. The van der Waals surface area contributed by atoms with Crippen LogP contribution in [0, 0.1) is 0 Å². The zero-order valence-corrected chi connectivity index (χ0v) is 18.1. The van der Waals surface area contributed by atoms with E-state index in [4.69, 9.17) is 4.74 Å². The first-order valence-electron chi connectivity index (χ1n) is 11.2. The number of nitrogens with zero attached hydrogens (tertiary/aromatic N) is 2. The zero-order valence-electron chi connectivity index (χ0n) is 18.1. The third kappa shape index (κ3) is 5.33. The van der Waals surface area contributed by atoms with Gasteiger partial charge in [0.05, 0.1) is 6.54 Å². The molecule has 2 saturated heterocycles. The highest BCUT2D eigenvalue weighted by molar-refractivity contribution is 5.80. The first kappa shape index (κ1) is 20.7. The maximum Gasteiger partial charge on any atom is 0.191 e. The van der Waals surface area contributed by atoms with Crippen molar-refractivity contribution in [2.45, 2.75) is 63.4 Å². The molecule has 5 heteroatoms. The van der Waals surface area contributed by atoms with Crippen LogP contribution in [0.1, 0.15) is 38.2 Å². The molecule has 2 fully saturated rings. The molecule has 2 heterocycles. The Bertz CT molecular complexity index is 796. The summed E-state index contributed by atoms with van der Waals surface area (Å²) < 4.78 is 5.96. The van der Waals surface area contributed by atoms with E-state index in [-0.39, 0.29) is 6.10 Å². The summed E-state index contributed by atoms with van der Waals surface area (Å²) in [5, 5.41) is 7.10. The average molecular weight is 407 g/mol. The Morgan fingerprint density at radius 1 is 1.03 bits per heavy atom. The number of guanidine groups is 1. The number of aliphatic imine (C=N–C) groups is 1. The highest BCUT2D eigenvalue weighted by Gasteiger charge is 2.40. The van der Waals surface area contributed by atoms with Gasteiger partial charge < -0.3 is 15.4 Å². The van der Waals surface area contributed by atoms with Gasteiger partial charge in [0, 0.05) is 31.7 Å². The van der Waals surface area contributed by atoms with Gasteiger partial charge in [0.15, 0.2) is 5.96 Å². The predicted octanol–water partition coefficient (Wildman–Crippen LogP) is 3.81. The molecule has 2 aromatic carbocycles. The van der Waals surface area contributed by atoms with Gasteiger partial charge in [-0.05, 0) is 50.3 Å². The smallest absolute Gasteiger partial charge is 0.191 e. The molecule has 0 radical (unpaired) electrons. The van der Waals surface area contributed by atoms with Gasteiger partial charge in [-0.3, -0.25) is 9.89 Å². The van der Waals surface area contributed by atoms with Crippen molar-refractivity contribution in [3.8, 4) is 5.75 Å². The number of hydrogen-bond donors (Lipinski definition) is 2. The van der Waals surface area contributed by atoms with Gasteiger partial charge in [-0.2, -0.15) is 0 Å². The molecule has 2 aliphatic rings.